The Hall–Kier alpha value is -2.23. The lowest BCUT2D eigenvalue weighted by molar-refractivity contribution is 1.11. The lowest BCUT2D eigenvalue weighted by atomic mass is 10.2. The van der Waals surface area contributed by atoms with Gasteiger partial charge in [-0.15, -0.1) is 0 Å². The van der Waals surface area contributed by atoms with E-state index in [1.807, 2.05) is 35.0 Å². The van der Waals surface area contributed by atoms with Crippen LogP contribution in [0, 0.1) is 0 Å². The van der Waals surface area contributed by atoms with E-state index in [2.05, 4.69) is 15.0 Å². The summed E-state index contributed by atoms with van der Waals surface area (Å²) in [7, 11) is 0. The second-order valence-electron chi connectivity index (χ2n) is 3.17. The standard InChI is InChI=1S/C11H8N4/c1-2-9(8-12-4-1)10-3-5-13-11-14-6-7-15(10)11/h1-8H. The van der Waals surface area contributed by atoms with Crippen LogP contribution in [0.25, 0.3) is 17.0 Å². The number of nitrogens with zero attached hydrogens (tertiary/aromatic N) is 4. The van der Waals surface area contributed by atoms with E-state index in [4.69, 9.17) is 0 Å². The third-order valence-corrected chi connectivity index (χ3v) is 2.26. The molecule has 0 saturated heterocycles. The van der Waals surface area contributed by atoms with E-state index in [9.17, 15) is 0 Å². The molecule has 0 radical (unpaired) electrons. The molecule has 3 aromatic rings. The van der Waals surface area contributed by atoms with Crippen LogP contribution in [0.15, 0.2) is 49.2 Å². The summed E-state index contributed by atoms with van der Waals surface area (Å²) >= 11 is 0. The average molecular weight is 196 g/mol. The summed E-state index contributed by atoms with van der Waals surface area (Å²) in [6.45, 7) is 0. The highest BCUT2D eigenvalue weighted by atomic mass is 15.1. The SMILES string of the molecule is c1cncc(-c2ccnc3nccn23)c1. The van der Waals surface area contributed by atoms with Gasteiger partial charge in [0.1, 0.15) is 0 Å². The molecule has 0 aliphatic carbocycles. The second-order valence-corrected chi connectivity index (χ2v) is 3.17. The zero-order valence-electron chi connectivity index (χ0n) is 7.91. The van der Waals surface area contributed by atoms with Gasteiger partial charge in [0.15, 0.2) is 0 Å². The van der Waals surface area contributed by atoms with Crippen LogP contribution in [-0.2, 0) is 0 Å². The summed E-state index contributed by atoms with van der Waals surface area (Å²) in [5.74, 6) is 0.705. The van der Waals surface area contributed by atoms with Crippen LogP contribution in [0.2, 0.25) is 0 Å². The molecular weight excluding hydrogens is 188 g/mol. The molecule has 0 saturated carbocycles. The topological polar surface area (TPSA) is 43.1 Å². The van der Waals surface area contributed by atoms with Crippen molar-refractivity contribution in [3.63, 3.8) is 0 Å². The fourth-order valence-electron chi connectivity index (χ4n) is 1.58. The molecule has 4 nitrogen and oxygen atoms in total. The molecule has 72 valence electrons. The highest BCUT2D eigenvalue weighted by Gasteiger charge is 2.03. The number of hydrogen-bond donors (Lipinski definition) is 0. The second kappa shape index (κ2) is 3.16. The minimum absolute atomic E-state index is 0.705. The highest BCUT2D eigenvalue weighted by Crippen LogP contribution is 2.17. The predicted octanol–water partition coefficient (Wildman–Crippen LogP) is 1.79. The van der Waals surface area contributed by atoms with Crippen LogP contribution >= 0.6 is 0 Å². The molecule has 3 aromatic heterocycles. The number of imidazole rings is 1. The zero-order chi connectivity index (χ0) is 10.1. The van der Waals surface area contributed by atoms with Crippen LogP contribution in [0.5, 0.6) is 0 Å². The van der Waals surface area contributed by atoms with Crippen molar-refractivity contribution in [3.8, 4) is 11.3 Å². The van der Waals surface area contributed by atoms with E-state index in [1.165, 1.54) is 0 Å². The number of fused-ring (bicyclic) bond motifs is 1. The predicted molar refractivity (Wildman–Crippen MR) is 56.2 cm³/mol. The maximum atomic E-state index is 4.16. The molecule has 0 atom stereocenters. The molecule has 15 heavy (non-hydrogen) atoms. The molecule has 3 rings (SSSR count). The van der Waals surface area contributed by atoms with Crippen molar-refractivity contribution < 1.29 is 0 Å². The summed E-state index contributed by atoms with van der Waals surface area (Å²) in [6, 6.07) is 5.88. The van der Waals surface area contributed by atoms with Crippen molar-refractivity contribution in [1.29, 1.82) is 0 Å². The Bertz CT molecular complexity index is 586. The first-order valence-corrected chi connectivity index (χ1v) is 4.63. The van der Waals surface area contributed by atoms with Gasteiger partial charge in [0.05, 0.1) is 5.69 Å². The molecular formula is C11H8N4. The Kier molecular flexibility index (Phi) is 1.71. The van der Waals surface area contributed by atoms with Gasteiger partial charge < -0.3 is 0 Å². The molecule has 0 N–H and O–H groups in total. The third kappa shape index (κ3) is 1.27. The smallest absolute Gasteiger partial charge is 0.234 e. The lowest BCUT2D eigenvalue weighted by Crippen LogP contribution is -1.92. The summed E-state index contributed by atoms with van der Waals surface area (Å²) in [4.78, 5) is 12.4. The summed E-state index contributed by atoms with van der Waals surface area (Å²) in [5, 5.41) is 0. The van der Waals surface area contributed by atoms with Crippen molar-refractivity contribution >= 4 is 5.78 Å². The van der Waals surface area contributed by atoms with Gasteiger partial charge in [-0.2, -0.15) is 0 Å². The maximum absolute atomic E-state index is 4.16. The average Bonchev–Trinajstić information content (AvgIpc) is 2.78. The van der Waals surface area contributed by atoms with Crippen LogP contribution in [0.3, 0.4) is 0 Å². The Labute approximate surface area is 86.3 Å². The Morgan fingerprint density at radius 2 is 1.93 bits per heavy atom. The lowest BCUT2D eigenvalue weighted by Gasteiger charge is -2.03. The normalized spacial score (nSPS) is 10.7. The summed E-state index contributed by atoms with van der Waals surface area (Å²) < 4.78 is 1.94. The van der Waals surface area contributed by atoms with E-state index in [0.29, 0.717) is 5.78 Å². The summed E-state index contributed by atoms with van der Waals surface area (Å²) in [5.41, 5.74) is 2.11. The monoisotopic (exact) mass is 196 g/mol. The van der Waals surface area contributed by atoms with E-state index in [0.717, 1.165) is 11.3 Å². The molecule has 0 amide bonds. The molecule has 0 aromatic carbocycles. The van der Waals surface area contributed by atoms with Crippen LogP contribution in [0.4, 0.5) is 0 Å². The van der Waals surface area contributed by atoms with E-state index in [1.54, 1.807) is 18.6 Å². The Morgan fingerprint density at radius 3 is 2.80 bits per heavy atom. The fourth-order valence-corrected chi connectivity index (χ4v) is 1.58. The highest BCUT2D eigenvalue weighted by molar-refractivity contribution is 5.60. The molecule has 0 spiro atoms. The van der Waals surface area contributed by atoms with Crippen molar-refractivity contribution in [1.82, 2.24) is 19.4 Å². The molecule has 0 aliphatic rings. The van der Waals surface area contributed by atoms with Crippen molar-refractivity contribution in [2.24, 2.45) is 0 Å². The first-order valence-electron chi connectivity index (χ1n) is 4.63. The fraction of sp³-hybridized carbons (Fsp3) is 0. The molecule has 0 unspecified atom stereocenters. The van der Waals surface area contributed by atoms with E-state index in [-0.39, 0.29) is 0 Å². The quantitative estimate of drug-likeness (QED) is 0.596. The van der Waals surface area contributed by atoms with Gasteiger partial charge >= 0.3 is 0 Å². The maximum Gasteiger partial charge on any atom is 0.234 e. The van der Waals surface area contributed by atoms with Gasteiger partial charge in [-0.05, 0) is 18.2 Å². The minimum atomic E-state index is 0.705. The Balaban J connectivity index is 2.31. The first kappa shape index (κ1) is 8.11. The van der Waals surface area contributed by atoms with Gasteiger partial charge in [-0.25, -0.2) is 9.97 Å². The first-order chi connectivity index (χ1) is 7.45. The van der Waals surface area contributed by atoms with Crippen LogP contribution < -0.4 is 0 Å². The van der Waals surface area contributed by atoms with Crippen molar-refractivity contribution in [2.75, 3.05) is 0 Å². The van der Waals surface area contributed by atoms with Gasteiger partial charge in [0.2, 0.25) is 5.78 Å². The van der Waals surface area contributed by atoms with Gasteiger partial charge in [0.25, 0.3) is 0 Å². The number of hydrogen-bond acceptors (Lipinski definition) is 3. The van der Waals surface area contributed by atoms with Gasteiger partial charge in [-0.1, -0.05) is 0 Å². The molecule has 3 heterocycles. The number of pyridine rings is 1. The Morgan fingerprint density at radius 1 is 1.00 bits per heavy atom. The zero-order valence-corrected chi connectivity index (χ0v) is 7.91. The molecule has 0 bridgehead atoms. The van der Waals surface area contributed by atoms with Crippen molar-refractivity contribution in [3.05, 3.63) is 49.2 Å². The molecule has 4 heteroatoms. The van der Waals surface area contributed by atoms with Crippen LogP contribution in [0.1, 0.15) is 0 Å². The van der Waals surface area contributed by atoms with Gasteiger partial charge in [0, 0.05) is 36.5 Å². The third-order valence-electron chi connectivity index (χ3n) is 2.26. The largest absolute Gasteiger partial charge is 0.284 e. The van der Waals surface area contributed by atoms with Crippen LogP contribution in [-0.4, -0.2) is 19.4 Å². The number of rotatable bonds is 1. The summed E-state index contributed by atoms with van der Waals surface area (Å²) in [6.07, 6.45) is 8.97. The van der Waals surface area contributed by atoms with Gasteiger partial charge in [-0.3, -0.25) is 9.38 Å². The minimum Gasteiger partial charge on any atom is -0.284 e. The van der Waals surface area contributed by atoms with E-state index >= 15 is 0 Å². The molecule has 0 aliphatic heterocycles. The van der Waals surface area contributed by atoms with E-state index < -0.39 is 0 Å². The number of aromatic nitrogens is 4. The van der Waals surface area contributed by atoms with Crippen molar-refractivity contribution in [2.45, 2.75) is 0 Å². The molecule has 0 fully saturated rings.